The summed E-state index contributed by atoms with van der Waals surface area (Å²) in [5, 5.41) is 12.7. The number of oxime groups is 1. The van der Waals surface area contributed by atoms with Gasteiger partial charge in [-0.1, -0.05) is 23.0 Å². The van der Waals surface area contributed by atoms with E-state index in [0.717, 1.165) is 15.6 Å². The Morgan fingerprint density at radius 2 is 2.28 bits per heavy atom. The van der Waals surface area contributed by atoms with Gasteiger partial charge in [-0.2, -0.15) is 0 Å². The summed E-state index contributed by atoms with van der Waals surface area (Å²) in [5.74, 6) is 0.103. The minimum atomic E-state index is 0.103. The largest absolute Gasteiger partial charge is 0.409 e. The predicted molar refractivity (Wildman–Crippen MR) is 71.0 cm³/mol. The van der Waals surface area contributed by atoms with Crippen molar-refractivity contribution in [1.82, 2.24) is 9.55 Å². The number of nitrogens with zero attached hydrogens (tertiary/aromatic N) is 3. The van der Waals surface area contributed by atoms with Crippen molar-refractivity contribution in [3.8, 4) is 0 Å². The Balaban J connectivity index is 2.43. The molecule has 0 amide bonds. The van der Waals surface area contributed by atoms with E-state index in [4.69, 9.17) is 10.9 Å². The van der Waals surface area contributed by atoms with E-state index in [1.807, 2.05) is 42.9 Å². The predicted octanol–water partition coefficient (Wildman–Crippen LogP) is 1.97. The fraction of sp³-hybridized carbons (Fsp3) is 0.167. The molecule has 5 nitrogen and oxygen atoms in total. The Kier molecular flexibility index (Phi) is 3.57. The average molecular weight is 262 g/mol. The Hall–Kier alpha value is -1.95. The number of aryl methyl sites for hydroxylation is 2. The first-order chi connectivity index (χ1) is 8.61. The van der Waals surface area contributed by atoms with E-state index < -0.39 is 0 Å². The Morgan fingerprint density at radius 3 is 2.89 bits per heavy atom. The highest BCUT2D eigenvalue weighted by Crippen LogP contribution is 2.29. The first kappa shape index (κ1) is 12.5. The Labute approximate surface area is 109 Å². The molecule has 18 heavy (non-hydrogen) atoms. The maximum atomic E-state index is 8.80. The van der Waals surface area contributed by atoms with Crippen molar-refractivity contribution in [1.29, 1.82) is 0 Å². The molecule has 1 aromatic carbocycles. The lowest BCUT2D eigenvalue weighted by molar-refractivity contribution is 0.318. The molecule has 94 valence electrons. The molecular formula is C12H14N4OS. The normalized spacial score (nSPS) is 11.8. The van der Waals surface area contributed by atoms with Gasteiger partial charge in [0.25, 0.3) is 0 Å². The molecule has 0 saturated carbocycles. The van der Waals surface area contributed by atoms with Gasteiger partial charge >= 0.3 is 0 Å². The van der Waals surface area contributed by atoms with Crippen LogP contribution in [0.4, 0.5) is 0 Å². The van der Waals surface area contributed by atoms with E-state index in [-0.39, 0.29) is 5.84 Å². The fourth-order valence-corrected chi connectivity index (χ4v) is 2.57. The van der Waals surface area contributed by atoms with E-state index in [1.165, 1.54) is 11.8 Å². The van der Waals surface area contributed by atoms with Crippen molar-refractivity contribution >= 4 is 17.6 Å². The lowest BCUT2D eigenvalue weighted by Gasteiger charge is -2.08. The molecule has 0 spiro atoms. The molecule has 2 rings (SSSR count). The summed E-state index contributed by atoms with van der Waals surface area (Å²) in [4.78, 5) is 5.17. The third-order valence-corrected chi connectivity index (χ3v) is 3.63. The van der Waals surface area contributed by atoms with Crippen molar-refractivity contribution < 1.29 is 5.21 Å². The van der Waals surface area contributed by atoms with Gasteiger partial charge in [0, 0.05) is 29.9 Å². The van der Waals surface area contributed by atoms with E-state index in [1.54, 1.807) is 6.20 Å². The van der Waals surface area contributed by atoms with Gasteiger partial charge in [-0.05, 0) is 24.6 Å². The number of nitrogens with two attached hydrogens (primary N) is 1. The van der Waals surface area contributed by atoms with Crippen LogP contribution in [0.3, 0.4) is 0 Å². The summed E-state index contributed by atoms with van der Waals surface area (Å²) in [6.45, 7) is 2.00. The molecule has 0 saturated heterocycles. The topological polar surface area (TPSA) is 76.4 Å². The van der Waals surface area contributed by atoms with Crippen LogP contribution >= 0.6 is 11.8 Å². The highest BCUT2D eigenvalue weighted by atomic mass is 32.2. The third-order valence-electron chi connectivity index (χ3n) is 2.50. The second-order valence-electron chi connectivity index (χ2n) is 3.91. The minimum absolute atomic E-state index is 0.103. The van der Waals surface area contributed by atoms with Crippen LogP contribution < -0.4 is 5.73 Å². The molecule has 0 atom stereocenters. The van der Waals surface area contributed by atoms with Crippen LogP contribution in [0.25, 0.3) is 0 Å². The molecular weight excluding hydrogens is 248 g/mol. The quantitative estimate of drug-likeness (QED) is 0.384. The second-order valence-corrected chi connectivity index (χ2v) is 4.92. The van der Waals surface area contributed by atoms with E-state index >= 15 is 0 Å². The van der Waals surface area contributed by atoms with Gasteiger partial charge in [0.05, 0.1) is 0 Å². The van der Waals surface area contributed by atoms with Gasteiger partial charge in [0.15, 0.2) is 11.0 Å². The zero-order valence-electron chi connectivity index (χ0n) is 10.2. The van der Waals surface area contributed by atoms with Gasteiger partial charge in [-0.3, -0.25) is 0 Å². The number of imidazole rings is 1. The monoisotopic (exact) mass is 262 g/mol. The maximum Gasteiger partial charge on any atom is 0.172 e. The average Bonchev–Trinajstić information content (AvgIpc) is 2.74. The van der Waals surface area contributed by atoms with E-state index in [0.29, 0.717) is 5.56 Å². The van der Waals surface area contributed by atoms with Crippen molar-refractivity contribution in [2.45, 2.75) is 17.0 Å². The number of aromatic nitrogens is 2. The Bertz CT molecular complexity index is 592. The lowest BCUT2D eigenvalue weighted by atomic mass is 10.1. The summed E-state index contributed by atoms with van der Waals surface area (Å²) < 4.78 is 1.92. The molecule has 1 aromatic heterocycles. The number of amidine groups is 1. The van der Waals surface area contributed by atoms with Gasteiger partial charge in [-0.15, -0.1) is 0 Å². The molecule has 0 aliphatic heterocycles. The standard InChI is InChI=1S/C12H14N4OS/c1-8-3-4-9(11(13)15-17)10(7-8)18-12-14-5-6-16(12)2/h3-7,17H,1-2H3,(H2,13,15). The van der Waals surface area contributed by atoms with Crippen molar-refractivity contribution in [2.75, 3.05) is 0 Å². The summed E-state index contributed by atoms with van der Waals surface area (Å²) in [7, 11) is 1.92. The molecule has 2 aromatic rings. The summed E-state index contributed by atoms with van der Waals surface area (Å²) >= 11 is 1.49. The number of hydrogen-bond donors (Lipinski definition) is 2. The van der Waals surface area contributed by atoms with Gasteiger partial charge in [-0.25, -0.2) is 4.98 Å². The highest BCUT2D eigenvalue weighted by Gasteiger charge is 2.11. The van der Waals surface area contributed by atoms with E-state index in [9.17, 15) is 0 Å². The van der Waals surface area contributed by atoms with Gasteiger partial charge in [0.1, 0.15) is 0 Å². The first-order valence-electron chi connectivity index (χ1n) is 5.35. The zero-order chi connectivity index (χ0) is 13.1. The number of benzene rings is 1. The molecule has 0 aliphatic carbocycles. The smallest absolute Gasteiger partial charge is 0.172 e. The lowest BCUT2D eigenvalue weighted by Crippen LogP contribution is -2.14. The zero-order valence-corrected chi connectivity index (χ0v) is 11.0. The molecule has 1 heterocycles. The van der Waals surface area contributed by atoms with Crippen molar-refractivity contribution in [3.05, 3.63) is 41.7 Å². The molecule has 0 bridgehead atoms. The maximum absolute atomic E-state index is 8.80. The van der Waals surface area contributed by atoms with Crippen LogP contribution in [0.1, 0.15) is 11.1 Å². The van der Waals surface area contributed by atoms with Crippen LogP contribution in [-0.2, 0) is 7.05 Å². The van der Waals surface area contributed by atoms with Crippen LogP contribution in [-0.4, -0.2) is 20.6 Å². The molecule has 3 N–H and O–H groups in total. The van der Waals surface area contributed by atoms with E-state index in [2.05, 4.69) is 10.1 Å². The third kappa shape index (κ3) is 2.48. The van der Waals surface area contributed by atoms with Crippen LogP contribution in [0.2, 0.25) is 0 Å². The molecule has 0 unspecified atom stereocenters. The SMILES string of the molecule is Cc1ccc(C(N)=NO)c(Sc2nccn2C)c1. The number of rotatable bonds is 3. The van der Waals surface area contributed by atoms with Crippen molar-refractivity contribution in [2.24, 2.45) is 17.9 Å². The summed E-state index contributed by atoms with van der Waals surface area (Å²) in [5.41, 5.74) is 7.49. The van der Waals surface area contributed by atoms with Gasteiger partial charge < -0.3 is 15.5 Å². The fourth-order valence-electron chi connectivity index (χ4n) is 1.53. The van der Waals surface area contributed by atoms with Crippen LogP contribution in [0.5, 0.6) is 0 Å². The van der Waals surface area contributed by atoms with Crippen molar-refractivity contribution in [3.63, 3.8) is 0 Å². The van der Waals surface area contributed by atoms with Crippen LogP contribution in [0, 0.1) is 6.92 Å². The molecule has 0 radical (unpaired) electrons. The molecule has 6 heteroatoms. The summed E-state index contributed by atoms with van der Waals surface area (Å²) in [6.07, 6.45) is 3.61. The second kappa shape index (κ2) is 5.14. The van der Waals surface area contributed by atoms with Gasteiger partial charge in [0.2, 0.25) is 0 Å². The first-order valence-corrected chi connectivity index (χ1v) is 6.17. The molecule has 0 aliphatic rings. The highest BCUT2D eigenvalue weighted by molar-refractivity contribution is 7.99. The van der Waals surface area contributed by atoms with Crippen LogP contribution in [0.15, 0.2) is 45.8 Å². The number of hydrogen-bond acceptors (Lipinski definition) is 4. The molecule has 0 fully saturated rings. The Morgan fingerprint density at radius 1 is 1.50 bits per heavy atom. The summed E-state index contributed by atoms with van der Waals surface area (Å²) in [6, 6.07) is 5.76. The minimum Gasteiger partial charge on any atom is -0.409 e.